The molecule has 4 aromatic heterocycles. The molecule has 2 aliphatic heterocycles. The normalized spacial score (nSPS) is 16.2. The van der Waals surface area contributed by atoms with Crippen molar-refractivity contribution in [1.29, 1.82) is 5.26 Å². The summed E-state index contributed by atoms with van der Waals surface area (Å²) < 4.78 is 3.49. The van der Waals surface area contributed by atoms with Crippen LogP contribution in [-0.4, -0.2) is 61.4 Å². The fourth-order valence-corrected chi connectivity index (χ4v) is 5.05. The minimum atomic E-state index is 0.00605. The number of nitrogens with zero attached hydrogens (tertiary/aromatic N) is 8. The van der Waals surface area contributed by atoms with Gasteiger partial charge in [0.2, 0.25) is 5.91 Å². The van der Waals surface area contributed by atoms with Crippen LogP contribution in [-0.2, 0) is 11.8 Å². The standard InChI is InChI=1S/C25H22N8O/c1-3-23(34)32-15-25(16-32)13-31(14-25)20-4-5-22(27-10-20)21-6-17(19-9-28-30(2)11-19)12-33-24(21)18(7-26)8-29-33/h3-6,8-12H,1,13-16H2,2H3. The van der Waals surface area contributed by atoms with Crippen LogP contribution in [0, 0.1) is 16.7 Å². The average Bonchev–Trinajstić information content (AvgIpc) is 3.42. The maximum absolute atomic E-state index is 11.7. The van der Waals surface area contributed by atoms with Gasteiger partial charge in [-0.15, -0.1) is 0 Å². The van der Waals surface area contributed by atoms with Gasteiger partial charge in [0.05, 0.1) is 41.1 Å². The first kappa shape index (κ1) is 20.2. The number of fused-ring (bicyclic) bond motifs is 1. The zero-order chi connectivity index (χ0) is 23.4. The SMILES string of the molecule is C=CC(=O)N1CC2(C1)CN(c1ccc(-c3cc(-c4cnn(C)c4)cn4ncc(C#N)c34)nc1)C2. The molecule has 1 amide bonds. The summed E-state index contributed by atoms with van der Waals surface area (Å²) in [4.78, 5) is 20.6. The van der Waals surface area contributed by atoms with Gasteiger partial charge in [-0.3, -0.25) is 14.5 Å². The quantitative estimate of drug-likeness (QED) is 0.444. The van der Waals surface area contributed by atoms with Gasteiger partial charge in [-0.25, -0.2) is 4.52 Å². The number of nitriles is 1. The van der Waals surface area contributed by atoms with Crippen molar-refractivity contribution in [1.82, 2.24) is 29.3 Å². The molecule has 4 aromatic rings. The topological polar surface area (TPSA) is 95.4 Å². The van der Waals surface area contributed by atoms with Gasteiger partial charge in [0.15, 0.2) is 0 Å². The molecule has 2 fully saturated rings. The van der Waals surface area contributed by atoms with Crippen LogP contribution >= 0.6 is 0 Å². The molecule has 0 radical (unpaired) electrons. The number of carbonyl (C=O) groups is 1. The smallest absolute Gasteiger partial charge is 0.245 e. The molecule has 9 nitrogen and oxygen atoms in total. The molecule has 2 aliphatic rings. The van der Waals surface area contributed by atoms with Crippen molar-refractivity contribution in [3.63, 3.8) is 0 Å². The Morgan fingerprint density at radius 2 is 1.94 bits per heavy atom. The number of amides is 1. The van der Waals surface area contributed by atoms with E-state index in [4.69, 9.17) is 4.98 Å². The van der Waals surface area contributed by atoms with E-state index in [1.165, 1.54) is 6.08 Å². The van der Waals surface area contributed by atoms with Crippen molar-refractivity contribution in [3.8, 4) is 28.5 Å². The third kappa shape index (κ3) is 3.07. The summed E-state index contributed by atoms with van der Waals surface area (Å²) in [6, 6.07) is 8.33. The third-order valence-corrected chi connectivity index (χ3v) is 6.75. The van der Waals surface area contributed by atoms with Crippen LogP contribution in [0.3, 0.4) is 0 Å². The van der Waals surface area contributed by atoms with E-state index in [1.54, 1.807) is 21.6 Å². The first-order valence-corrected chi connectivity index (χ1v) is 11.0. The van der Waals surface area contributed by atoms with Gasteiger partial charge in [-0.1, -0.05) is 6.58 Å². The predicted molar refractivity (Wildman–Crippen MR) is 127 cm³/mol. The number of likely N-dealkylation sites (tertiary alicyclic amines) is 1. The second-order valence-electron chi connectivity index (χ2n) is 9.16. The summed E-state index contributed by atoms with van der Waals surface area (Å²) in [6.07, 6.45) is 10.5. The summed E-state index contributed by atoms with van der Waals surface area (Å²) in [5.41, 5.74) is 6.02. The summed E-state index contributed by atoms with van der Waals surface area (Å²) in [7, 11) is 1.88. The van der Waals surface area contributed by atoms with Gasteiger partial charge in [0.25, 0.3) is 0 Å². The Morgan fingerprint density at radius 3 is 2.59 bits per heavy atom. The van der Waals surface area contributed by atoms with Crippen LogP contribution in [0.1, 0.15) is 5.56 Å². The van der Waals surface area contributed by atoms with E-state index >= 15 is 0 Å². The molecule has 168 valence electrons. The second-order valence-corrected chi connectivity index (χ2v) is 9.16. The first-order chi connectivity index (χ1) is 16.5. The molecule has 0 saturated carbocycles. The van der Waals surface area contributed by atoms with E-state index in [0.717, 1.165) is 59.8 Å². The van der Waals surface area contributed by atoms with Crippen LogP contribution in [0.4, 0.5) is 5.69 Å². The summed E-state index contributed by atoms with van der Waals surface area (Å²) in [5, 5.41) is 18.3. The number of hydrogen-bond donors (Lipinski definition) is 0. The molecule has 0 aromatic carbocycles. The number of aryl methyl sites for hydroxylation is 1. The fourth-order valence-electron chi connectivity index (χ4n) is 5.05. The Balaban J connectivity index is 1.29. The summed E-state index contributed by atoms with van der Waals surface area (Å²) in [5.74, 6) is 0.00605. The predicted octanol–water partition coefficient (Wildman–Crippen LogP) is 2.50. The Bertz CT molecular complexity index is 1480. The zero-order valence-electron chi connectivity index (χ0n) is 18.7. The van der Waals surface area contributed by atoms with Gasteiger partial charge in [0, 0.05) is 67.7 Å². The highest BCUT2D eigenvalue weighted by Gasteiger charge is 2.52. The van der Waals surface area contributed by atoms with Crippen molar-refractivity contribution in [2.45, 2.75) is 0 Å². The molecule has 6 rings (SSSR count). The highest BCUT2D eigenvalue weighted by Crippen LogP contribution is 2.42. The van der Waals surface area contributed by atoms with Crippen LogP contribution in [0.5, 0.6) is 0 Å². The van der Waals surface area contributed by atoms with E-state index < -0.39 is 0 Å². The van der Waals surface area contributed by atoms with Gasteiger partial charge in [0.1, 0.15) is 6.07 Å². The largest absolute Gasteiger partial charge is 0.369 e. The lowest BCUT2D eigenvalue weighted by molar-refractivity contribution is -0.139. The van der Waals surface area contributed by atoms with Crippen LogP contribution in [0.25, 0.3) is 27.9 Å². The lowest BCUT2D eigenvalue weighted by Crippen LogP contribution is -2.73. The zero-order valence-corrected chi connectivity index (χ0v) is 18.7. The molecule has 0 unspecified atom stereocenters. The number of carbonyl (C=O) groups excluding carboxylic acids is 1. The highest BCUT2D eigenvalue weighted by atomic mass is 16.2. The molecule has 34 heavy (non-hydrogen) atoms. The van der Waals surface area contributed by atoms with E-state index in [9.17, 15) is 10.1 Å². The van der Waals surface area contributed by atoms with Gasteiger partial charge < -0.3 is 9.80 Å². The van der Waals surface area contributed by atoms with Crippen molar-refractivity contribution < 1.29 is 4.79 Å². The molecule has 0 atom stereocenters. The maximum atomic E-state index is 11.7. The average molecular weight is 451 g/mol. The number of rotatable bonds is 4. The first-order valence-electron chi connectivity index (χ1n) is 11.0. The lowest BCUT2D eigenvalue weighted by Gasteiger charge is -2.60. The monoisotopic (exact) mass is 450 g/mol. The minimum absolute atomic E-state index is 0.00605. The highest BCUT2D eigenvalue weighted by molar-refractivity contribution is 5.88. The molecule has 0 aliphatic carbocycles. The van der Waals surface area contributed by atoms with E-state index in [-0.39, 0.29) is 11.3 Å². The number of hydrogen-bond acceptors (Lipinski definition) is 6. The van der Waals surface area contributed by atoms with E-state index in [1.807, 2.05) is 42.7 Å². The second kappa shape index (κ2) is 7.28. The molecule has 6 heterocycles. The number of aromatic nitrogens is 5. The summed E-state index contributed by atoms with van der Waals surface area (Å²) >= 11 is 0. The molecule has 0 bridgehead atoms. The molecular formula is C25H22N8O. The van der Waals surface area contributed by atoms with E-state index in [0.29, 0.717) is 5.56 Å². The van der Waals surface area contributed by atoms with Crippen molar-refractivity contribution in [2.75, 3.05) is 31.1 Å². The molecule has 1 spiro atoms. The van der Waals surface area contributed by atoms with Crippen LogP contribution in [0.15, 0.2) is 61.8 Å². The van der Waals surface area contributed by atoms with Crippen molar-refractivity contribution >= 4 is 17.1 Å². The Morgan fingerprint density at radius 1 is 1.12 bits per heavy atom. The van der Waals surface area contributed by atoms with Crippen LogP contribution in [0.2, 0.25) is 0 Å². The third-order valence-electron chi connectivity index (χ3n) is 6.75. The Hall–Kier alpha value is -4.45. The molecule has 0 N–H and O–H groups in total. The Labute approximate surface area is 196 Å². The number of anilines is 1. The summed E-state index contributed by atoms with van der Waals surface area (Å²) in [6.45, 7) is 6.97. The van der Waals surface area contributed by atoms with Crippen molar-refractivity contribution in [2.24, 2.45) is 12.5 Å². The van der Waals surface area contributed by atoms with Gasteiger partial charge in [-0.05, 0) is 24.3 Å². The van der Waals surface area contributed by atoms with Crippen molar-refractivity contribution in [3.05, 3.63) is 67.4 Å². The lowest BCUT2D eigenvalue weighted by atomic mass is 9.72. The fraction of sp³-hybridized carbons (Fsp3) is 0.240. The minimum Gasteiger partial charge on any atom is -0.369 e. The van der Waals surface area contributed by atoms with Gasteiger partial charge in [-0.2, -0.15) is 15.5 Å². The maximum Gasteiger partial charge on any atom is 0.245 e. The van der Waals surface area contributed by atoms with Crippen LogP contribution < -0.4 is 4.90 Å². The number of pyridine rings is 2. The molecule has 2 saturated heterocycles. The molecular weight excluding hydrogens is 428 g/mol. The molecule has 9 heteroatoms. The van der Waals surface area contributed by atoms with Gasteiger partial charge >= 0.3 is 0 Å². The Kier molecular flexibility index (Phi) is 4.32. The van der Waals surface area contributed by atoms with E-state index in [2.05, 4.69) is 33.8 Å².